The second-order valence-corrected chi connectivity index (χ2v) is 5.45. The van der Waals surface area contributed by atoms with E-state index in [1.54, 1.807) is 0 Å². The van der Waals surface area contributed by atoms with Gasteiger partial charge in [0.2, 0.25) is 0 Å². The van der Waals surface area contributed by atoms with Crippen LogP contribution in [-0.4, -0.2) is 0 Å². The number of hydrogen-bond donors (Lipinski definition) is 1. The Morgan fingerprint density at radius 3 is 2.62 bits per heavy atom. The number of hydrogen-bond acceptors (Lipinski definition) is 2. The van der Waals surface area contributed by atoms with Gasteiger partial charge in [0.05, 0.1) is 0 Å². The quantitative estimate of drug-likeness (QED) is 0.708. The van der Waals surface area contributed by atoms with E-state index in [2.05, 4.69) is 56.4 Å². The number of furan rings is 1. The van der Waals surface area contributed by atoms with Crippen LogP contribution < -0.4 is 5.32 Å². The van der Waals surface area contributed by atoms with Crippen molar-refractivity contribution in [2.75, 3.05) is 5.32 Å². The summed E-state index contributed by atoms with van der Waals surface area (Å²) in [6, 6.07) is 14.6. The Bertz CT molecular complexity index is 770. The molecule has 0 aliphatic rings. The predicted octanol–water partition coefficient (Wildman–Crippen LogP) is 5.22. The average molecular weight is 279 g/mol. The van der Waals surface area contributed by atoms with Crippen molar-refractivity contribution >= 4 is 16.7 Å². The van der Waals surface area contributed by atoms with Gasteiger partial charge in [0.15, 0.2) is 0 Å². The van der Waals surface area contributed by atoms with E-state index in [0.29, 0.717) is 0 Å². The van der Waals surface area contributed by atoms with E-state index < -0.39 is 0 Å². The molecule has 0 radical (unpaired) electrons. The summed E-state index contributed by atoms with van der Waals surface area (Å²) in [4.78, 5) is 0. The molecule has 0 saturated carbocycles. The standard InChI is InChI=1S/C19H21NO/c1-4-18-16(15-9-5-6-11-19(15)21-18)12-20-17-10-7-8-13(2)14(17)3/h5-11,20H,4,12H2,1-3H3. The fourth-order valence-electron chi connectivity index (χ4n) is 2.76. The van der Waals surface area contributed by atoms with Gasteiger partial charge in [-0.05, 0) is 37.1 Å². The lowest BCUT2D eigenvalue weighted by molar-refractivity contribution is 0.551. The molecule has 1 heterocycles. The van der Waals surface area contributed by atoms with Gasteiger partial charge in [0, 0.05) is 29.6 Å². The van der Waals surface area contributed by atoms with E-state index in [1.807, 2.05) is 12.1 Å². The third-order valence-corrected chi connectivity index (χ3v) is 4.16. The summed E-state index contributed by atoms with van der Waals surface area (Å²) < 4.78 is 5.95. The molecule has 3 rings (SSSR count). The van der Waals surface area contributed by atoms with Gasteiger partial charge in [-0.1, -0.05) is 37.3 Å². The van der Waals surface area contributed by atoms with Crippen LogP contribution in [0, 0.1) is 13.8 Å². The van der Waals surface area contributed by atoms with E-state index in [4.69, 9.17) is 4.42 Å². The number of anilines is 1. The lowest BCUT2D eigenvalue weighted by atomic mass is 10.1. The maximum atomic E-state index is 5.95. The molecule has 2 heteroatoms. The molecule has 0 aliphatic carbocycles. The van der Waals surface area contributed by atoms with Crippen molar-refractivity contribution < 1.29 is 4.42 Å². The van der Waals surface area contributed by atoms with Crippen molar-refractivity contribution in [2.45, 2.75) is 33.7 Å². The van der Waals surface area contributed by atoms with Crippen molar-refractivity contribution in [2.24, 2.45) is 0 Å². The molecule has 0 spiro atoms. The summed E-state index contributed by atoms with van der Waals surface area (Å²) in [5.41, 5.74) is 6.07. The van der Waals surface area contributed by atoms with Crippen LogP contribution in [-0.2, 0) is 13.0 Å². The van der Waals surface area contributed by atoms with Crippen LogP contribution in [0.15, 0.2) is 46.9 Å². The molecule has 2 aromatic carbocycles. The summed E-state index contributed by atoms with van der Waals surface area (Å²) >= 11 is 0. The summed E-state index contributed by atoms with van der Waals surface area (Å²) in [5.74, 6) is 1.08. The van der Waals surface area contributed by atoms with E-state index >= 15 is 0 Å². The van der Waals surface area contributed by atoms with Gasteiger partial charge in [-0.25, -0.2) is 0 Å². The van der Waals surface area contributed by atoms with Crippen LogP contribution in [0.25, 0.3) is 11.0 Å². The molecular weight excluding hydrogens is 258 g/mol. The summed E-state index contributed by atoms with van der Waals surface area (Å²) in [7, 11) is 0. The van der Waals surface area contributed by atoms with Gasteiger partial charge in [0.1, 0.15) is 11.3 Å². The highest BCUT2D eigenvalue weighted by Gasteiger charge is 2.12. The summed E-state index contributed by atoms with van der Waals surface area (Å²) in [5, 5.41) is 4.78. The summed E-state index contributed by atoms with van der Waals surface area (Å²) in [6.07, 6.45) is 0.915. The van der Waals surface area contributed by atoms with Gasteiger partial charge in [-0.2, -0.15) is 0 Å². The van der Waals surface area contributed by atoms with Gasteiger partial charge in [-0.3, -0.25) is 0 Å². The smallest absolute Gasteiger partial charge is 0.134 e. The molecule has 0 fully saturated rings. The largest absolute Gasteiger partial charge is 0.461 e. The van der Waals surface area contributed by atoms with Crippen LogP contribution in [0.4, 0.5) is 5.69 Å². The maximum Gasteiger partial charge on any atom is 0.134 e. The zero-order valence-electron chi connectivity index (χ0n) is 12.9. The SMILES string of the molecule is CCc1oc2ccccc2c1CNc1cccc(C)c1C. The fourth-order valence-corrected chi connectivity index (χ4v) is 2.76. The molecule has 0 saturated heterocycles. The third-order valence-electron chi connectivity index (χ3n) is 4.16. The molecule has 0 atom stereocenters. The number of aryl methyl sites for hydroxylation is 2. The van der Waals surface area contributed by atoms with E-state index in [-0.39, 0.29) is 0 Å². The van der Waals surface area contributed by atoms with Gasteiger partial charge in [0.25, 0.3) is 0 Å². The minimum absolute atomic E-state index is 0.796. The van der Waals surface area contributed by atoms with Gasteiger partial charge >= 0.3 is 0 Å². The topological polar surface area (TPSA) is 25.2 Å². The normalized spacial score (nSPS) is 11.0. The van der Waals surface area contributed by atoms with Crippen molar-refractivity contribution in [3.05, 3.63) is 64.9 Å². The Balaban J connectivity index is 1.93. The number of para-hydroxylation sites is 1. The minimum Gasteiger partial charge on any atom is -0.461 e. The molecule has 2 nitrogen and oxygen atoms in total. The maximum absolute atomic E-state index is 5.95. The second kappa shape index (κ2) is 5.65. The van der Waals surface area contributed by atoms with Crippen molar-refractivity contribution in [1.29, 1.82) is 0 Å². The molecule has 0 bridgehead atoms. The van der Waals surface area contributed by atoms with Crippen LogP contribution in [0.3, 0.4) is 0 Å². The zero-order valence-corrected chi connectivity index (χ0v) is 12.9. The summed E-state index contributed by atoms with van der Waals surface area (Å²) in [6.45, 7) is 7.24. The van der Waals surface area contributed by atoms with Gasteiger partial charge in [-0.15, -0.1) is 0 Å². The van der Waals surface area contributed by atoms with E-state index in [9.17, 15) is 0 Å². The molecular formula is C19H21NO. The molecule has 21 heavy (non-hydrogen) atoms. The first-order chi connectivity index (χ1) is 10.2. The Morgan fingerprint density at radius 2 is 1.81 bits per heavy atom. The first kappa shape index (κ1) is 13.7. The highest BCUT2D eigenvalue weighted by atomic mass is 16.3. The average Bonchev–Trinajstić information content (AvgIpc) is 2.86. The highest BCUT2D eigenvalue weighted by Crippen LogP contribution is 2.28. The first-order valence-electron chi connectivity index (χ1n) is 7.50. The van der Waals surface area contributed by atoms with E-state index in [0.717, 1.165) is 24.3 Å². The van der Waals surface area contributed by atoms with Crippen LogP contribution in [0.1, 0.15) is 29.4 Å². The van der Waals surface area contributed by atoms with Crippen molar-refractivity contribution in [1.82, 2.24) is 0 Å². The molecule has 3 aromatic rings. The van der Waals surface area contributed by atoms with Crippen LogP contribution in [0.2, 0.25) is 0 Å². The molecule has 0 aliphatic heterocycles. The number of benzene rings is 2. The lowest BCUT2D eigenvalue weighted by Crippen LogP contribution is -2.03. The Morgan fingerprint density at radius 1 is 1.00 bits per heavy atom. The van der Waals surface area contributed by atoms with Crippen molar-refractivity contribution in [3.8, 4) is 0 Å². The Kier molecular flexibility index (Phi) is 3.70. The van der Waals surface area contributed by atoms with Gasteiger partial charge < -0.3 is 9.73 Å². The van der Waals surface area contributed by atoms with Crippen LogP contribution >= 0.6 is 0 Å². The van der Waals surface area contributed by atoms with Crippen LogP contribution in [0.5, 0.6) is 0 Å². The number of fused-ring (bicyclic) bond motifs is 1. The van der Waals surface area contributed by atoms with E-state index in [1.165, 1.54) is 27.8 Å². The molecule has 1 aromatic heterocycles. The first-order valence-corrected chi connectivity index (χ1v) is 7.50. The predicted molar refractivity (Wildman–Crippen MR) is 88.8 cm³/mol. The molecule has 1 N–H and O–H groups in total. The lowest BCUT2D eigenvalue weighted by Gasteiger charge is -2.11. The Hall–Kier alpha value is -2.22. The highest BCUT2D eigenvalue weighted by molar-refractivity contribution is 5.82. The zero-order chi connectivity index (χ0) is 14.8. The fraction of sp³-hybridized carbons (Fsp3) is 0.263. The number of nitrogens with one attached hydrogen (secondary N) is 1. The molecule has 0 unspecified atom stereocenters. The number of rotatable bonds is 4. The molecule has 108 valence electrons. The minimum atomic E-state index is 0.796. The Labute approximate surface area is 125 Å². The second-order valence-electron chi connectivity index (χ2n) is 5.45. The molecule has 0 amide bonds. The monoisotopic (exact) mass is 279 g/mol. The van der Waals surface area contributed by atoms with Crippen molar-refractivity contribution in [3.63, 3.8) is 0 Å². The third kappa shape index (κ3) is 2.54.